The number of rotatable bonds is 6. The lowest BCUT2D eigenvalue weighted by atomic mass is 9.98. The highest BCUT2D eigenvalue weighted by Crippen LogP contribution is 2.38. The zero-order valence-electron chi connectivity index (χ0n) is 16.8. The van der Waals surface area contributed by atoms with Crippen molar-refractivity contribution in [3.63, 3.8) is 0 Å². The summed E-state index contributed by atoms with van der Waals surface area (Å²) in [6.07, 6.45) is 0.799. The molecule has 0 unspecified atom stereocenters. The van der Waals surface area contributed by atoms with Gasteiger partial charge in [-0.15, -0.1) is 0 Å². The number of benzene rings is 2. The zero-order valence-corrected chi connectivity index (χ0v) is 16.8. The summed E-state index contributed by atoms with van der Waals surface area (Å²) in [5.41, 5.74) is 1.58. The molecule has 0 saturated heterocycles. The van der Waals surface area contributed by atoms with Gasteiger partial charge in [-0.2, -0.15) is 0 Å². The van der Waals surface area contributed by atoms with E-state index in [1.165, 1.54) is 0 Å². The number of hydrogen-bond donors (Lipinski definition) is 0. The highest BCUT2D eigenvalue weighted by molar-refractivity contribution is 5.99. The Labute approximate surface area is 169 Å². The number of nitrogens with zero attached hydrogens (tertiary/aromatic N) is 2. The fourth-order valence-electron chi connectivity index (χ4n) is 3.89. The van der Waals surface area contributed by atoms with E-state index < -0.39 is 6.04 Å². The third kappa shape index (κ3) is 3.40. The van der Waals surface area contributed by atoms with Crippen molar-refractivity contribution in [3.8, 4) is 5.75 Å². The number of ether oxygens (including phenoxy) is 1. The molecule has 0 spiro atoms. The molecule has 1 aliphatic heterocycles. The lowest BCUT2D eigenvalue weighted by Crippen LogP contribution is -2.32. The number of fused-ring (bicyclic) bond motifs is 2. The Bertz CT molecular complexity index is 1100. The molecular formula is C23H24N2O4. The molecule has 0 aliphatic carbocycles. The van der Waals surface area contributed by atoms with E-state index >= 15 is 0 Å². The van der Waals surface area contributed by atoms with Crippen molar-refractivity contribution < 1.29 is 13.9 Å². The second-order valence-corrected chi connectivity index (χ2v) is 7.50. The Kier molecular flexibility index (Phi) is 5.11. The smallest absolute Gasteiger partial charge is 0.290 e. The van der Waals surface area contributed by atoms with E-state index in [1.54, 1.807) is 36.3 Å². The van der Waals surface area contributed by atoms with Gasteiger partial charge in [0.25, 0.3) is 5.91 Å². The van der Waals surface area contributed by atoms with Crippen LogP contribution in [0.5, 0.6) is 5.75 Å². The normalized spacial score (nSPS) is 15.9. The first-order valence-corrected chi connectivity index (χ1v) is 9.66. The number of carbonyl (C=O) groups is 1. The van der Waals surface area contributed by atoms with Gasteiger partial charge in [-0.05, 0) is 56.9 Å². The highest BCUT2D eigenvalue weighted by atomic mass is 16.5. The average molecular weight is 392 g/mol. The van der Waals surface area contributed by atoms with Crippen LogP contribution >= 0.6 is 0 Å². The Morgan fingerprint density at radius 2 is 1.79 bits per heavy atom. The third-order valence-electron chi connectivity index (χ3n) is 5.31. The summed E-state index contributed by atoms with van der Waals surface area (Å²) in [7, 11) is 5.61. The minimum atomic E-state index is -0.466. The van der Waals surface area contributed by atoms with Crippen LogP contribution in [0.1, 0.15) is 34.1 Å². The van der Waals surface area contributed by atoms with Crippen molar-refractivity contribution in [2.24, 2.45) is 0 Å². The van der Waals surface area contributed by atoms with Crippen LogP contribution in [0.2, 0.25) is 0 Å². The van der Waals surface area contributed by atoms with E-state index in [-0.39, 0.29) is 17.1 Å². The van der Waals surface area contributed by atoms with E-state index in [0.717, 1.165) is 24.3 Å². The van der Waals surface area contributed by atoms with Gasteiger partial charge in [0.15, 0.2) is 5.43 Å². The third-order valence-corrected chi connectivity index (χ3v) is 5.31. The Hall–Kier alpha value is -3.12. The fourth-order valence-corrected chi connectivity index (χ4v) is 3.89. The molecular weight excluding hydrogens is 368 g/mol. The molecule has 0 fully saturated rings. The predicted molar refractivity (Wildman–Crippen MR) is 112 cm³/mol. The number of para-hydroxylation sites is 1. The van der Waals surface area contributed by atoms with E-state index in [4.69, 9.17) is 9.15 Å². The molecule has 0 saturated carbocycles. The second kappa shape index (κ2) is 7.72. The molecule has 150 valence electrons. The minimum Gasteiger partial charge on any atom is -0.497 e. The fraction of sp³-hybridized carbons (Fsp3) is 0.304. The van der Waals surface area contributed by atoms with Gasteiger partial charge in [-0.1, -0.05) is 24.3 Å². The maximum atomic E-state index is 13.3. The maximum absolute atomic E-state index is 13.3. The molecule has 0 bridgehead atoms. The van der Waals surface area contributed by atoms with Gasteiger partial charge in [0, 0.05) is 6.54 Å². The monoisotopic (exact) mass is 392 g/mol. The first-order chi connectivity index (χ1) is 14.0. The van der Waals surface area contributed by atoms with Crippen LogP contribution < -0.4 is 10.2 Å². The van der Waals surface area contributed by atoms with Crippen LogP contribution in [0.15, 0.2) is 57.7 Å². The molecule has 0 N–H and O–H groups in total. The zero-order chi connectivity index (χ0) is 20.5. The lowest BCUT2D eigenvalue weighted by molar-refractivity contribution is 0.0722. The lowest BCUT2D eigenvalue weighted by Gasteiger charge is -2.25. The molecule has 1 aliphatic rings. The molecule has 2 heterocycles. The first-order valence-electron chi connectivity index (χ1n) is 9.66. The highest BCUT2D eigenvalue weighted by Gasteiger charge is 2.42. The van der Waals surface area contributed by atoms with E-state index in [1.807, 2.05) is 38.4 Å². The Balaban J connectivity index is 1.85. The standard InChI is InChI=1S/C23H24N2O4/c1-24(2)13-6-14-25-20(15-9-11-16(28-3)12-10-15)19-21(26)17-7-4-5-8-18(17)29-22(19)23(25)27/h4-5,7-12,20H,6,13-14H2,1-3H3/t20-/m0/s1. The largest absolute Gasteiger partial charge is 0.497 e. The molecule has 4 rings (SSSR count). The number of amides is 1. The molecule has 6 nitrogen and oxygen atoms in total. The molecule has 29 heavy (non-hydrogen) atoms. The van der Waals surface area contributed by atoms with Gasteiger partial charge in [-0.25, -0.2) is 0 Å². The first kappa shape index (κ1) is 19.2. The Morgan fingerprint density at radius 3 is 2.48 bits per heavy atom. The van der Waals surface area contributed by atoms with Crippen molar-refractivity contribution in [2.45, 2.75) is 12.5 Å². The summed E-state index contributed by atoms with van der Waals surface area (Å²) in [6, 6.07) is 14.1. The summed E-state index contributed by atoms with van der Waals surface area (Å²) >= 11 is 0. The van der Waals surface area contributed by atoms with Crippen molar-refractivity contribution in [1.82, 2.24) is 9.80 Å². The van der Waals surface area contributed by atoms with Gasteiger partial charge in [0.1, 0.15) is 11.3 Å². The number of hydrogen-bond acceptors (Lipinski definition) is 5. The van der Waals surface area contributed by atoms with E-state index in [9.17, 15) is 9.59 Å². The number of methoxy groups -OCH3 is 1. The summed E-state index contributed by atoms with van der Waals surface area (Å²) < 4.78 is 11.2. The van der Waals surface area contributed by atoms with Crippen LogP contribution in [0.3, 0.4) is 0 Å². The van der Waals surface area contributed by atoms with Gasteiger partial charge < -0.3 is 19.0 Å². The van der Waals surface area contributed by atoms with Gasteiger partial charge >= 0.3 is 0 Å². The minimum absolute atomic E-state index is 0.147. The molecule has 2 aromatic carbocycles. The summed E-state index contributed by atoms with van der Waals surface area (Å²) in [6.45, 7) is 1.38. The van der Waals surface area contributed by atoms with E-state index in [0.29, 0.717) is 23.1 Å². The SMILES string of the molecule is COc1ccc([C@H]2c3c(oc4ccccc4c3=O)C(=O)N2CCCN(C)C)cc1. The van der Waals surface area contributed by atoms with Crippen molar-refractivity contribution in [3.05, 3.63) is 75.6 Å². The van der Waals surface area contributed by atoms with Crippen LogP contribution in [-0.2, 0) is 0 Å². The quantitative estimate of drug-likeness (QED) is 0.644. The molecule has 0 radical (unpaired) electrons. The van der Waals surface area contributed by atoms with Gasteiger partial charge in [0.05, 0.1) is 24.1 Å². The van der Waals surface area contributed by atoms with E-state index in [2.05, 4.69) is 4.90 Å². The molecule has 6 heteroatoms. The van der Waals surface area contributed by atoms with Gasteiger partial charge in [0.2, 0.25) is 5.76 Å². The predicted octanol–water partition coefficient (Wildman–Crippen LogP) is 3.30. The van der Waals surface area contributed by atoms with Crippen LogP contribution in [0.25, 0.3) is 11.0 Å². The van der Waals surface area contributed by atoms with Gasteiger partial charge in [-0.3, -0.25) is 9.59 Å². The van der Waals surface area contributed by atoms with Crippen molar-refractivity contribution in [1.29, 1.82) is 0 Å². The summed E-state index contributed by atoms with van der Waals surface area (Å²) in [4.78, 5) is 30.4. The molecule has 1 amide bonds. The topological polar surface area (TPSA) is 63.0 Å². The summed E-state index contributed by atoms with van der Waals surface area (Å²) in [5, 5.41) is 0.493. The average Bonchev–Trinajstić information content (AvgIpc) is 3.00. The molecule has 1 atom stereocenters. The summed E-state index contributed by atoms with van der Waals surface area (Å²) in [5.74, 6) is 0.643. The Morgan fingerprint density at radius 1 is 1.07 bits per heavy atom. The molecule has 1 aromatic heterocycles. The maximum Gasteiger partial charge on any atom is 0.290 e. The van der Waals surface area contributed by atoms with Crippen LogP contribution in [-0.4, -0.2) is 50.0 Å². The number of carbonyl (C=O) groups excluding carboxylic acids is 1. The second-order valence-electron chi connectivity index (χ2n) is 7.50. The van der Waals surface area contributed by atoms with Crippen LogP contribution in [0, 0.1) is 0 Å². The van der Waals surface area contributed by atoms with Crippen LogP contribution in [0.4, 0.5) is 0 Å². The van der Waals surface area contributed by atoms with Crippen molar-refractivity contribution in [2.75, 3.05) is 34.3 Å². The molecule has 3 aromatic rings. The van der Waals surface area contributed by atoms with Crippen molar-refractivity contribution >= 4 is 16.9 Å².